The van der Waals surface area contributed by atoms with Crippen molar-refractivity contribution < 1.29 is 28.9 Å². The maximum Gasteiger partial charge on any atom is 0.407 e. The molecule has 2 amide bonds. The summed E-state index contributed by atoms with van der Waals surface area (Å²) in [6.45, 7) is 10.2. The smallest absolute Gasteiger partial charge is 0.407 e. The molecule has 4 aromatic rings. The number of carbonyl (C=O) groups is 2. The summed E-state index contributed by atoms with van der Waals surface area (Å²) in [5.41, 5.74) is 11.2. The van der Waals surface area contributed by atoms with Gasteiger partial charge in [0, 0.05) is 35.8 Å². The van der Waals surface area contributed by atoms with E-state index in [0.717, 1.165) is 38.7 Å². The maximum absolute atomic E-state index is 12.4. The van der Waals surface area contributed by atoms with E-state index in [1.807, 2.05) is 62.1 Å². The Morgan fingerprint density at radius 2 is 1.72 bits per heavy atom. The summed E-state index contributed by atoms with van der Waals surface area (Å²) in [6, 6.07) is 13.1. The van der Waals surface area contributed by atoms with Crippen LogP contribution < -0.4 is 16.4 Å². The first-order chi connectivity index (χ1) is 22.1. The number of fused-ring (bicyclic) bond motifs is 1. The van der Waals surface area contributed by atoms with Gasteiger partial charge in [0.2, 0.25) is 5.91 Å². The molecule has 0 aliphatic carbocycles. The number of nitrogens with zero attached hydrogens (tertiary/aromatic N) is 3. The standard InChI is InChI=1S/C34H44N6O6/c1-5-27-28(20-37-29(21-38-33(43)46-34(2,3)4)32(27)23-6-9-26(41)10-7-23)24-8-11-30-25(18-24)19-39-40(30)14-13-36-31(42)22-45-17-16-44-15-12-35/h6-11,18-20,41H,5,12-17,21-22,35H2,1-4H3,(H,36,42)(H,38,43). The van der Waals surface area contributed by atoms with Crippen LogP contribution >= 0.6 is 0 Å². The van der Waals surface area contributed by atoms with Gasteiger partial charge in [-0.1, -0.05) is 25.1 Å². The first-order valence-electron chi connectivity index (χ1n) is 15.4. The van der Waals surface area contributed by atoms with Gasteiger partial charge < -0.3 is 35.7 Å². The van der Waals surface area contributed by atoms with Crippen LogP contribution in [-0.2, 0) is 38.5 Å². The maximum atomic E-state index is 12.4. The zero-order chi connectivity index (χ0) is 33.1. The van der Waals surface area contributed by atoms with E-state index in [4.69, 9.17) is 24.9 Å². The Labute approximate surface area is 269 Å². The van der Waals surface area contributed by atoms with E-state index >= 15 is 0 Å². The molecule has 12 nitrogen and oxygen atoms in total. The van der Waals surface area contributed by atoms with Gasteiger partial charge in [0.25, 0.3) is 0 Å². The van der Waals surface area contributed by atoms with Gasteiger partial charge in [-0.3, -0.25) is 14.5 Å². The van der Waals surface area contributed by atoms with Gasteiger partial charge in [-0.25, -0.2) is 4.79 Å². The third-order valence-electron chi connectivity index (χ3n) is 7.04. The molecule has 0 fully saturated rings. The van der Waals surface area contributed by atoms with Crippen molar-refractivity contribution in [1.29, 1.82) is 0 Å². The van der Waals surface area contributed by atoms with E-state index in [-0.39, 0.29) is 24.8 Å². The lowest BCUT2D eigenvalue weighted by Gasteiger charge is -2.21. The second-order valence-corrected chi connectivity index (χ2v) is 11.7. The van der Waals surface area contributed by atoms with E-state index < -0.39 is 11.7 Å². The molecular weight excluding hydrogens is 588 g/mol. The number of nitrogens with two attached hydrogens (primary N) is 1. The summed E-state index contributed by atoms with van der Waals surface area (Å²) in [6.07, 6.45) is 3.83. The summed E-state index contributed by atoms with van der Waals surface area (Å²) < 4.78 is 17.8. The summed E-state index contributed by atoms with van der Waals surface area (Å²) in [5, 5.41) is 21.1. The molecule has 46 heavy (non-hydrogen) atoms. The zero-order valence-corrected chi connectivity index (χ0v) is 27.0. The highest BCUT2D eigenvalue weighted by molar-refractivity contribution is 5.87. The molecule has 2 aromatic heterocycles. The number of rotatable bonds is 15. The number of hydrogen-bond acceptors (Lipinski definition) is 9. The quantitative estimate of drug-likeness (QED) is 0.141. The number of hydrogen-bond donors (Lipinski definition) is 4. The van der Waals surface area contributed by atoms with Crippen LogP contribution in [0.3, 0.4) is 0 Å². The molecule has 0 radical (unpaired) electrons. The minimum Gasteiger partial charge on any atom is -0.508 e. The average Bonchev–Trinajstić information content (AvgIpc) is 3.43. The summed E-state index contributed by atoms with van der Waals surface area (Å²) in [5.74, 6) is -0.0368. The molecule has 0 aliphatic rings. The van der Waals surface area contributed by atoms with Crippen molar-refractivity contribution in [3.63, 3.8) is 0 Å². The molecule has 0 spiro atoms. The number of amides is 2. The van der Waals surface area contributed by atoms with Crippen LogP contribution in [0.5, 0.6) is 5.75 Å². The molecule has 0 aliphatic heterocycles. The predicted octanol–water partition coefficient (Wildman–Crippen LogP) is 4.17. The topological polar surface area (TPSA) is 163 Å². The third kappa shape index (κ3) is 9.49. The molecule has 0 atom stereocenters. The lowest BCUT2D eigenvalue weighted by molar-refractivity contribution is -0.126. The van der Waals surface area contributed by atoms with Gasteiger partial charge >= 0.3 is 6.09 Å². The Kier molecular flexibility index (Phi) is 12.1. The van der Waals surface area contributed by atoms with E-state index in [1.54, 1.807) is 12.1 Å². The number of benzene rings is 2. The van der Waals surface area contributed by atoms with Crippen molar-refractivity contribution in [3.05, 3.63) is 66.1 Å². The lowest BCUT2D eigenvalue weighted by atomic mass is 9.90. The highest BCUT2D eigenvalue weighted by Crippen LogP contribution is 2.36. The van der Waals surface area contributed by atoms with E-state index in [0.29, 0.717) is 51.6 Å². The molecule has 0 bridgehead atoms. The van der Waals surface area contributed by atoms with E-state index in [1.165, 1.54) is 0 Å². The van der Waals surface area contributed by atoms with Crippen molar-refractivity contribution in [1.82, 2.24) is 25.4 Å². The van der Waals surface area contributed by atoms with Crippen LogP contribution in [0, 0.1) is 0 Å². The van der Waals surface area contributed by atoms with Crippen LogP contribution in [0.4, 0.5) is 4.79 Å². The summed E-state index contributed by atoms with van der Waals surface area (Å²) in [4.78, 5) is 29.4. The van der Waals surface area contributed by atoms with Gasteiger partial charge in [0.15, 0.2) is 0 Å². The van der Waals surface area contributed by atoms with E-state index in [2.05, 4.69) is 28.7 Å². The summed E-state index contributed by atoms with van der Waals surface area (Å²) >= 11 is 0. The Hall–Kier alpha value is -4.52. The third-order valence-corrected chi connectivity index (χ3v) is 7.04. The van der Waals surface area contributed by atoms with Crippen LogP contribution in [0.25, 0.3) is 33.2 Å². The first kappa shape index (κ1) is 34.4. The van der Waals surface area contributed by atoms with Gasteiger partial charge in [-0.2, -0.15) is 5.10 Å². The van der Waals surface area contributed by atoms with Gasteiger partial charge in [0.1, 0.15) is 18.0 Å². The highest BCUT2D eigenvalue weighted by atomic mass is 16.6. The van der Waals surface area contributed by atoms with Crippen LogP contribution in [-0.4, -0.2) is 77.0 Å². The fourth-order valence-corrected chi connectivity index (χ4v) is 5.04. The average molecular weight is 633 g/mol. The molecule has 2 aromatic carbocycles. The number of ether oxygens (including phenoxy) is 3. The highest BCUT2D eigenvalue weighted by Gasteiger charge is 2.20. The Balaban J connectivity index is 1.51. The molecule has 0 saturated heterocycles. The number of pyridine rings is 1. The Morgan fingerprint density at radius 1 is 0.978 bits per heavy atom. The molecule has 0 unspecified atom stereocenters. The molecule has 5 N–H and O–H groups in total. The van der Waals surface area contributed by atoms with Crippen LogP contribution in [0.15, 0.2) is 54.9 Å². The largest absolute Gasteiger partial charge is 0.508 e. The molecular formula is C34H44N6O6. The van der Waals surface area contributed by atoms with Crippen molar-refractivity contribution >= 4 is 22.9 Å². The second kappa shape index (κ2) is 16.2. The number of nitrogens with one attached hydrogen (secondary N) is 2. The van der Waals surface area contributed by atoms with Crippen molar-refractivity contribution in [2.45, 2.75) is 52.8 Å². The number of phenols is 1. The van der Waals surface area contributed by atoms with Gasteiger partial charge in [-0.05, 0) is 68.1 Å². The number of alkyl carbamates (subject to hydrolysis) is 1. The lowest BCUT2D eigenvalue weighted by Crippen LogP contribution is -2.32. The van der Waals surface area contributed by atoms with Gasteiger partial charge in [0.05, 0.1) is 50.3 Å². The van der Waals surface area contributed by atoms with Crippen molar-refractivity contribution in [3.8, 4) is 28.0 Å². The number of carbonyl (C=O) groups excluding carboxylic acids is 2. The molecule has 2 heterocycles. The fourth-order valence-electron chi connectivity index (χ4n) is 5.04. The normalized spacial score (nSPS) is 11.5. The Morgan fingerprint density at radius 3 is 2.43 bits per heavy atom. The molecule has 4 rings (SSSR count). The van der Waals surface area contributed by atoms with Crippen LogP contribution in [0.2, 0.25) is 0 Å². The summed E-state index contributed by atoms with van der Waals surface area (Å²) in [7, 11) is 0. The van der Waals surface area contributed by atoms with E-state index in [9.17, 15) is 14.7 Å². The number of phenolic OH excluding ortho intramolecular Hbond substituents is 1. The van der Waals surface area contributed by atoms with Crippen molar-refractivity contribution in [2.24, 2.45) is 5.73 Å². The fraction of sp³-hybridized carbons (Fsp3) is 0.412. The number of aromatic nitrogens is 3. The Bertz CT molecular complexity index is 1610. The predicted molar refractivity (Wildman–Crippen MR) is 176 cm³/mol. The van der Waals surface area contributed by atoms with Crippen LogP contribution in [0.1, 0.15) is 39.0 Å². The SMILES string of the molecule is CCc1c(-c2ccc3c(cnn3CCNC(=O)COCCOCCN)c2)cnc(CNC(=O)OC(C)(C)C)c1-c1ccc(O)cc1. The number of aromatic hydroxyl groups is 1. The second-order valence-electron chi connectivity index (χ2n) is 11.7. The molecule has 246 valence electrons. The van der Waals surface area contributed by atoms with Gasteiger partial charge in [-0.15, -0.1) is 0 Å². The molecule has 0 saturated carbocycles. The van der Waals surface area contributed by atoms with Crippen molar-refractivity contribution in [2.75, 3.05) is 39.5 Å². The first-order valence-corrected chi connectivity index (χ1v) is 15.4. The molecule has 12 heteroatoms. The minimum atomic E-state index is -0.620. The monoisotopic (exact) mass is 632 g/mol. The minimum absolute atomic E-state index is 0.0367. The zero-order valence-electron chi connectivity index (χ0n) is 27.0.